The maximum Gasteiger partial charge on any atom is 0.233 e. The number of hydrogen-bond acceptors (Lipinski definition) is 3. The molecule has 0 saturated heterocycles. The lowest BCUT2D eigenvalue weighted by atomic mass is 9.86. The van der Waals surface area contributed by atoms with Crippen molar-refractivity contribution in [3.8, 4) is 5.95 Å². The molecule has 5 rings (SSSR count). The summed E-state index contributed by atoms with van der Waals surface area (Å²) in [7, 11) is 1.93. The van der Waals surface area contributed by atoms with Crippen molar-refractivity contribution in [1.82, 2.24) is 19.3 Å². The minimum atomic E-state index is -0.295. The lowest BCUT2D eigenvalue weighted by Gasteiger charge is -2.24. The van der Waals surface area contributed by atoms with Crippen molar-refractivity contribution in [2.75, 3.05) is 5.32 Å². The molecular weight excluding hydrogens is 357 g/mol. The first-order valence-electron chi connectivity index (χ1n) is 9.09. The summed E-state index contributed by atoms with van der Waals surface area (Å²) in [6.45, 7) is 1.92. The number of halogens is 1. The van der Waals surface area contributed by atoms with Gasteiger partial charge >= 0.3 is 0 Å². The van der Waals surface area contributed by atoms with E-state index < -0.39 is 0 Å². The second kappa shape index (κ2) is 6.02. The van der Waals surface area contributed by atoms with Gasteiger partial charge in [0.2, 0.25) is 11.9 Å². The van der Waals surface area contributed by atoms with Gasteiger partial charge in [-0.05, 0) is 36.8 Å². The SMILES string of the molecule is Cc1nn(-c2nc3ccccc3n2C)c2c1C(c1ccc(F)cc1)CC(=O)N2. The molecule has 0 saturated carbocycles. The van der Waals surface area contributed by atoms with Gasteiger partial charge in [0.25, 0.3) is 0 Å². The molecule has 7 heteroatoms. The van der Waals surface area contributed by atoms with Crippen molar-refractivity contribution in [2.45, 2.75) is 19.3 Å². The Hall–Kier alpha value is -3.48. The Balaban J connectivity index is 1.71. The maximum absolute atomic E-state index is 13.4. The lowest BCUT2D eigenvalue weighted by Crippen LogP contribution is -2.25. The fraction of sp³-hybridized carbons (Fsp3) is 0.190. The minimum absolute atomic E-state index is 0.0956. The molecule has 0 spiro atoms. The van der Waals surface area contributed by atoms with Crippen LogP contribution in [0.25, 0.3) is 17.0 Å². The molecule has 28 heavy (non-hydrogen) atoms. The summed E-state index contributed by atoms with van der Waals surface area (Å²) in [5.41, 5.74) is 4.50. The number of nitrogens with one attached hydrogen (secondary N) is 1. The smallest absolute Gasteiger partial charge is 0.233 e. The van der Waals surface area contributed by atoms with E-state index in [0.29, 0.717) is 18.2 Å². The van der Waals surface area contributed by atoms with Crippen LogP contribution in [-0.4, -0.2) is 25.2 Å². The third-order valence-corrected chi connectivity index (χ3v) is 5.33. The van der Waals surface area contributed by atoms with Gasteiger partial charge in [0, 0.05) is 24.9 Å². The van der Waals surface area contributed by atoms with Crippen molar-refractivity contribution < 1.29 is 9.18 Å². The molecule has 0 fully saturated rings. The molecule has 1 amide bonds. The van der Waals surface area contributed by atoms with Crippen LogP contribution in [0.3, 0.4) is 0 Å². The summed E-state index contributed by atoms with van der Waals surface area (Å²) in [5, 5.41) is 7.66. The monoisotopic (exact) mass is 375 g/mol. The summed E-state index contributed by atoms with van der Waals surface area (Å²) in [6.07, 6.45) is 0.299. The van der Waals surface area contributed by atoms with Crippen molar-refractivity contribution in [3.05, 3.63) is 71.2 Å². The predicted molar refractivity (Wildman–Crippen MR) is 104 cm³/mol. The van der Waals surface area contributed by atoms with Gasteiger partial charge in [-0.15, -0.1) is 0 Å². The summed E-state index contributed by atoms with van der Waals surface area (Å²) < 4.78 is 17.0. The topological polar surface area (TPSA) is 64.7 Å². The maximum atomic E-state index is 13.4. The summed E-state index contributed by atoms with van der Waals surface area (Å²) in [6, 6.07) is 14.2. The molecule has 6 nitrogen and oxygen atoms in total. The Bertz CT molecular complexity index is 1220. The number of fused-ring (bicyclic) bond motifs is 2. The number of nitrogens with zero attached hydrogens (tertiary/aromatic N) is 4. The standard InChI is InChI=1S/C21H18FN5O/c1-12-19-15(13-7-9-14(22)10-8-13)11-18(28)24-20(19)27(25-12)21-23-16-5-3-4-6-17(16)26(21)2/h3-10,15H,11H2,1-2H3,(H,24,28). The van der Waals surface area contributed by atoms with E-state index in [0.717, 1.165) is 27.9 Å². The van der Waals surface area contributed by atoms with Gasteiger partial charge in [-0.3, -0.25) is 4.79 Å². The third kappa shape index (κ3) is 2.43. The number of imidazole rings is 1. The second-order valence-electron chi connectivity index (χ2n) is 7.08. The number of carbonyl (C=O) groups is 1. The highest BCUT2D eigenvalue weighted by Crippen LogP contribution is 2.40. The van der Waals surface area contributed by atoms with Crippen LogP contribution in [0, 0.1) is 12.7 Å². The zero-order valence-corrected chi connectivity index (χ0v) is 15.5. The molecule has 1 N–H and O–H groups in total. The van der Waals surface area contributed by atoms with Crippen LogP contribution in [0.1, 0.15) is 29.2 Å². The molecule has 3 heterocycles. The summed E-state index contributed by atoms with van der Waals surface area (Å²) in [4.78, 5) is 17.2. The van der Waals surface area contributed by atoms with Crippen molar-refractivity contribution in [2.24, 2.45) is 7.05 Å². The number of para-hydroxylation sites is 2. The molecule has 1 atom stereocenters. The van der Waals surface area contributed by atoms with Crippen molar-refractivity contribution in [3.63, 3.8) is 0 Å². The second-order valence-corrected chi connectivity index (χ2v) is 7.08. The average Bonchev–Trinajstić information content (AvgIpc) is 3.19. The largest absolute Gasteiger partial charge is 0.311 e. The number of carbonyl (C=O) groups excluding carboxylic acids is 1. The van der Waals surface area contributed by atoms with Crippen LogP contribution in [0.4, 0.5) is 10.2 Å². The first kappa shape index (κ1) is 16.7. The molecule has 0 radical (unpaired) electrons. The molecule has 2 aromatic carbocycles. The molecule has 4 aromatic rings. The van der Waals surface area contributed by atoms with Gasteiger partial charge in [0.1, 0.15) is 11.6 Å². The third-order valence-electron chi connectivity index (χ3n) is 5.33. The van der Waals surface area contributed by atoms with Gasteiger partial charge in [-0.2, -0.15) is 9.78 Å². The van der Waals surface area contributed by atoms with Crippen LogP contribution < -0.4 is 5.32 Å². The number of aromatic nitrogens is 4. The molecule has 0 aliphatic carbocycles. The Kier molecular flexibility index (Phi) is 3.58. The zero-order valence-electron chi connectivity index (χ0n) is 15.5. The van der Waals surface area contributed by atoms with Crippen LogP contribution in [0.2, 0.25) is 0 Å². The summed E-state index contributed by atoms with van der Waals surface area (Å²) in [5.74, 6) is 0.693. The van der Waals surface area contributed by atoms with Crippen LogP contribution in [-0.2, 0) is 11.8 Å². The van der Waals surface area contributed by atoms with E-state index >= 15 is 0 Å². The summed E-state index contributed by atoms with van der Waals surface area (Å²) >= 11 is 0. The lowest BCUT2D eigenvalue weighted by molar-refractivity contribution is -0.116. The fourth-order valence-corrected chi connectivity index (χ4v) is 3.99. The molecule has 1 unspecified atom stereocenters. The fourth-order valence-electron chi connectivity index (χ4n) is 3.99. The molecular formula is C21H18FN5O. The predicted octanol–water partition coefficient (Wildman–Crippen LogP) is 3.68. The first-order chi connectivity index (χ1) is 13.5. The molecule has 2 aromatic heterocycles. The molecule has 0 bridgehead atoms. The zero-order chi connectivity index (χ0) is 19.4. The Morgan fingerprint density at radius 3 is 2.64 bits per heavy atom. The van der Waals surface area contributed by atoms with Crippen molar-refractivity contribution in [1.29, 1.82) is 0 Å². The van der Waals surface area contributed by atoms with Gasteiger partial charge in [0.15, 0.2) is 0 Å². The highest BCUT2D eigenvalue weighted by atomic mass is 19.1. The number of benzene rings is 2. The van der Waals surface area contributed by atoms with Gasteiger partial charge in [0.05, 0.1) is 16.7 Å². The molecule has 1 aliphatic heterocycles. The van der Waals surface area contributed by atoms with Gasteiger partial charge in [-0.1, -0.05) is 24.3 Å². The number of hydrogen-bond donors (Lipinski definition) is 1. The number of anilines is 1. The van der Waals surface area contributed by atoms with Crippen molar-refractivity contribution >= 4 is 22.8 Å². The Morgan fingerprint density at radius 2 is 1.89 bits per heavy atom. The van der Waals surface area contributed by atoms with E-state index in [1.165, 1.54) is 12.1 Å². The highest BCUT2D eigenvalue weighted by Gasteiger charge is 2.33. The molecule has 1 aliphatic rings. The van der Waals surface area contributed by atoms with E-state index in [9.17, 15) is 9.18 Å². The normalized spacial score (nSPS) is 16.2. The Morgan fingerprint density at radius 1 is 1.14 bits per heavy atom. The average molecular weight is 375 g/mol. The highest BCUT2D eigenvalue weighted by molar-refractivity contribution is 5.95. The van der Waals surface area contributed by atoms with Crippen LogP contribution in [0.5, 0.6) is 0 Å². The van der Waals surface area contributed by atoms with E-state index in [-0.39, 0.29) is 17.6 Å². The number of rotatable bonds is 2. The first-order valence-corrected chi connectivity index (χ1v) is 9.09. The van der Waals surface area contributed by atoms with E-state index in [2.05, 4.69) is 5.32 Å². The van der Waals surface area contributed by atoms with Gasteiger partial charge in [-0.25, -0.2) is 9.37 Å². The Labute approximate surface area is 160 Å². The van der Waals surface area contributed by atoms with Crippen LogP contribution >= 0.6 is 0 Å². The van der Waals surface area contributed by atoms with E-state index in [1.54, 1.807) is 16.8 Å². The van der Waals surface area contributed by atoms with E-state index in [1.807, 2.05) is 42.8 Å². The quantitative estimate of drug-likeness (QED) is 0.581. The number of amides is 1. The number of aryl methyl sites for hydroxylation is 2. The minimum Gasteiger partial charge on any atom is -0.311 e. The van der Waals surface area contributed by atoms with Gasteiger partial charge < -0.3 is 9.88 Å². The van der Waals surface area contributed by atoms with Crippen LogP contribution in [0.15, 0.2) is 48.5 Å². The van der Waals surface area contributed by atoms with E-state index in [4.69, 9.17) is 10.1 Å². The molecule has 140 valence electrons.